The van der Waals surface area contributed by atoms with Crippen LogP contribution >= 0.6 is 0 Å². The first kappa shape index (κ1) is 14.6. The second-order valence-corrected chi connectivity index (χ2v) is 4.32. The molecule has 0 aliphatic heterocycles. The number of methoxy groups -OCH3 is 2. The fourth-order valence-corrected chi connectivity index (χ4v) is 2.07. The van der Waals surface area contributed by atoms with Gasteiger partial charge in [-0.05, 0) is 30.5 Å². The third-order valence-electron chi connectivity index (χ3n) is 3.23. The molecule has 100 valence electrons. The minimum absolute atomic E-state index is 0.105. The molecule has 0 fully saturated rings. The van der Waals surface area contributed by atoms with Gasteiger partial charge in [0.1, 0.15) is 5.78 Å². The number of Topliss-reactive ketones (excluding diaryl/α,β-unsaturated/α-hetero) is 1. The molecule has 0 radical (unpaired) electrons. The molecule has 0 N–H and O–H groups in total. The summed E-state index contributed by atoms with van der Waals surface area (Å²) in [5, 5.41) is 0. The molecule has 0 aliphatic rings. The van der Waals surface area contributed by atoms with Crippen molar-refractivity contribution in [1.29, 1.82) is 0 Å². The Morgan fingerprint density at radius 3 is 2.33 bits per heavy atom. The fraction of sp³-hybridized carbons (Fsp3) is 0.533. The number of ether oxygens (including phenoxy) is 2. The molecule has 0 saturated carbocycles. The highest BCUT2D eigenvalue weighted by Crippen LogP contribution is 2.29. The summed E-state index contributed by atoms with van der Waals surface area (Å²) < 4.78 is 10.5. The maximum Gasteiger partial charge on any atom is 0.160 e. The molecular formula is C15H22O3. The van der Waals surface area contributed by atoms with Gasteiger partial charge in [-0.15, -0.1) is 0 Å². The van der Waals surface area contributed by atoms with E-state index in [1.807, 2.05) is 25.1 Å². The number of hydrogen-bond acceptors (Lipinski definition) is 3. The van der Waals surface area contributed by atoms with Gasteiger partial charge in [-0.25, -0.2) is 0 Å². The van der Waals surface area contributed by atoms with Gasteiger partial charge in [-0.3, -0.25) is 4.79 Å². The second-order valence-electron chi connectivity index (χ2n) is 4.32. The van der Waals surface area contributed by atoms with Crippen molar-refractivity contribution in [2.24, 2.45) is 5.92 Å². The summed E-state index contributed by atoms with van der Waals surface area (Å²) >= 11 is 0. The molecule has 0 heterocycles. The predicted molar refractivity (Wildman–Crippen MR) is 72.3 cm³/mol. The first-order valence-electron chi connectivity index (χ1n) is 6.39. The SMILES string of the molecule is CCC(=O)[C@H](CC)Cc1ccc(OC)c(OC)c1. The van der Waals surface area contributed by atoms with E-state index in [1.165, 1.54) is 0 Å². The van der Waals surface area contributed by atoms with Gasteiger partial charge in [0.25, 0.3) is 0 Å². The van der Waals surface area contributed by atoms with E-state index in [-0.39, 0.29) is 5.92 Å². The van der Waals surface area contributed by atoms with E-state index >= 15 is 0 Å². The number of ketones is 1. The molecule has 0 aromatic heterocycles. The topological polar surface area (TPSA) is 35.5 Å². The van der Waals surface area contributed by atoms with Crippen LogP contribution in [0.4, 0.5) is 0 Å². The summed E-state index contributed by atoms with van der Waals surface area (Å²) in [5.74, 6) is 1.87. The molecule has 3 heteroatoms. The molecule has 1 aromatic rings. The molecular weight excluding hydrogens is 228 g/mol. The number of benzene rings is 1. The van der Waals surface area contributed by atoms with Gasteiger partial charge in [0.2, 0.25) is 0 Å². The Hall–Kier alpha value is -1.51. The van der Waals surface area contributed by atoms with Crippen molar-refractivity contribution in [3.8, 4) is 11.5 Å². The van der Waals surface area contributed by atoms with Crippen molar-refractivity contribution in [2.45, 2.75) is 33.1 Å². The summed E-state index contributed by atoms with van der Waals surface area (Å²) in [5.41, 5.74) is 1.11. The smallest absolute Gasteiger partial charge is 0.160 e. The van der Waals surface area contributed by atoms with Gasteiger partial charge >= 0.3 is 0 Å². The fourth-order valence-electron chi connectivity index (χ4n) is 2.07. The average molecular weight is 250 g/mol. The van der Waals surface area contributed by atoms with E-state index in [2.05, 4.69) is 6.92 Å². The second kappa shape index (κ2) is 7.04. The van der Waals surface area contributed by atoms with Crippen LogP contribution in [0.1, 0.15) is 32.3 Å². The Balaban J connectivity index is 2.87. The van der Waals surface area contributed by atoms with Crippen LogP contribution in [0.2, 0.25) is 0 Å². The third-order valence-corrected chi connectivity index (χ3v) is 3.23. The predicted octanol–water partition coefficient (Wildman–Crippen LogP) is 3.25. The lowest BCUT2D eigenvalue weighted by Gasteiger charge is -2.14. The van der Waals surface area contributed by atoms with Gasteiger partial charge in [0.15, 0.2) is 11.5 Å². The van der Waals surface area contributed by atoms with Crippen LogP contribution < -0.4 is 9.47 Å². The minimum atomic E-state index is 0.105. The van der Waals surface area contributed by atoms with Gasteiger partial charge in [-0.2, -0.15) is 0 Å². The standard InChI is InChI=1S/C15H22O3/c1-5-12(13(16)6-2)9-11-7-8-14(17-3)15(10-11)18-4/h7-8,10,12H,5-6,9H2,1-4H3/t12-/m1/s1. The third kappa shape index (κ3) is 3.49. The Kier molecular flexibility index (Phi) is 5.69. The van der Waals surface area contributed by atoms with Crippen LogP contribution in [0.5, 0.6) is 11.5 Å². The highest BCUT2D eigenvalue weighted by molar-refractivity contribution is 5.80. The minimum Gasteiger partial charge on any atom is -0.493 e. The lowest BCUT2D eigenvalue weighted by Crippen LogP contribution is -2.15. The average Bonchev–Trinajstić information content (AvgIpc) is 2.43. The van der Waals surface area contributed by atoms with Crippen molar-refractivity contribution in [1.82, 2.24) is 0 Å². The Morgan fingerprint density at radius 2 is 1.83 bits per heavy atom. The lowest BCUT2D eigenvalue weighted by atomic mass is 9.91. The monoisotopic (exact) mass is 250 g/mol. The highest BCUT2D eigenvalue weighted by Gasteiger charge is 2.16. The van der Waals surface area contributed by atoms with Crippen LogP contribution in [0.3, 0.4) is 0 Å². The van der Waals surface area contributed by atoms with Crippen LogP contribution in [0.25, 0.3) is 0 Å². The van der Waals surface area contributed by atoms with Crippen LogP contribution in [-0.2, 0) is 11.2 Å². The molecule has 0 spiro atoms. The van der Waals surface area contributed by atoms with E-state index in [4.69, 9.17) is 9.47 Å². The Bertz CT molecular complexity index is 399. The Labute approximate surface area is 109 Å². The molecule has 1 rings (SSSR count). The molecule has 1 atom stereocenters. The van der Waals surface area contributed by atoms with Crippen molar-refractivity contribution >= 4 is 5.78 Å². The van der Waals surface area contributed by atoms with E-state index in [1.54, 1.807) is 14.2 Å². The molecule has 0 saturated heterocycles. The first-order valence-corrected chi connectivity index (χ1v) is 6.39. The molecule has 0 aliphatic carbocycles. The van der Waals surface area contributed by atoms with Crippen molar-refractivity contribution in [3.63, 3.8) is 0 Å². The van der Waals surface area contributed by atoms with Gasteiger partial charge in [0, 0.05) is 12.3 Å². The maximum atomic E-state index is 11.8. The van der Waals surface area contributed by atoms with Gasteiger partial charge < -0.3 is 9.47 Å². The maximum absolute atomic E-state index is 11.8. The van der Waals surface area contributed by atoms with Crippen molar-refractivity contribution in [2.75, 3.05) is 14.2 Å². The molecule has 0 amide bonds. The zero-order chi connectivity index (χ0) is 13.5. The van der Waals surface area contributed by atoms with Crippen LogP contribution in [0.15, 0.2) is 18.2 Å². The largest absolute Gasteiger partial charge is 0.493 e. The molecule has 0 unspecified atom stereocenters. The van der Waals surface area contributed by atoms with Gasteiger partial charge in [0.05, 0.1) is 14.2 Å². The van der Waals surface area contributed by atoms with E-state index in [0.717, 1.165) is 24.2 Å². The summed E-state index contributed by atoms with van der Waals surface area (Å²) in [4.78, 5) is 11.8. The molecule has 0 bridgehead atoms. The number of carbonyl (C=O) groups excluding carboxylic acids is 1. The highest BCUT2D eigenvalue weighted by atomic mass is 16.5. The normalized spacial score (nSPS) is 12.0. The first-order chi connectivity index (χ1) is 8.65. The quantitative estimate of drug-likeness (QED) is 0.745. The zero-order valence-corrected chi connectivity index (χ0v) is 11.7. The molecule has 18 heavy (non-hydrogen) atoms. The Morgan fingerprint density at radius 1 is 1.17 bits per heavy atom. The summed E-state index contributed by atoms with van der Waals surface area (Å²) in [6.45, 7) is 3.97. The molecule has 3 nitrogen and oxygen atoms in total. The van der Waals surface area contributed by atoms with Crippen LogP contribution in [-0.4, -0.2) is 20.0 Å². The van der Waals surface area contributed by atoms with Crippen molar-refractivity contribution < 1.29 is 14.3 Å². The molecule has 1 aromatic carbocycles. The van der Waals surface area contributed by atoms with Gasteiger partial charge in [-0.1, -0.05) is 19.9 Å². The van der Waals surface area contributed by atoms with E-state index in [0.29, 0.717) is 18.0 Å². The summed E-state index contributed by atoms with van der Waals surface area (Å²) in [6, 6.07) is 5.83. The summed E-state index contributed by atoms with van der Waals surface area (Å²) in [7, 11) is 3.24. The van der Waals surface area contributed by atoms with E-state index < -0.39 is 0 Å². The van der Waals surface area contributed by atoms with Crippen molar-refractivity contribution in [3.05, 3.63) is 23.8 Å². The van der Waals surface area contributed by atoms with E-state index in [9.17, 15) is 4.79 Å². The lowest BCUT2D eigenvalue weighted by molar-refractivity contribution is -0.122. The number of rotatable bonds is 7. The summed E-state index contributed by atoms with van der Waals surface area (Å²) in [6.07, 6.45) is 2.25. The zero-order valence-electron chi connectivity index (χ0n) is 11.7. The number of carbonyl (C=O) groups is 1. The number of hydrogen-bond donors (Lipinski definition) is 0. The van der Waals surface area contributed by atoms with Crippen LogP contribution in [0, 0.1) is 5.92 Å².